The fourth-order valence-corrected chi connectivity index (χ4v) is 3.55. The number of hydrogen-bond acceptors (Lipinski definition) is 5. The van der Waals surface area contributed by atoms with Gasteiger partial charge >= 0.3 is 12.8 Å². The molecular weight excluding hydrogens is 439 g/mol. The summed E-state index contributed by atoms with van der Waals surface area (Å²) in [5.41, 5.74) is 0.218. The number of nitrogens with one attached hydrogen (secondary N) is 1. The minimum atomic E-state index is -4.66. The maximum absolute atomic E-state index is 12.9. The van der Waals surface area contributed by atoms with Crippen LogP contribution < -0.4 is 10.1 Å². The third-order valence-corrected chi connectivity index (χ3v) is 4.98. The van der Waals surface area contributed by atoms with Gasteiger partial charge in [-0.25, -0.2) is 4.98 Å². The van der Waals surface area contributed by atoms with Gasteiger partial charge in [0.25, 0.3) is 5.91 Å². The Balaban J connectivity index is 1.57. The van der Waals surface area contributed by atoms with Crippen LogP contribution in [0.5, 0.6) is 5.88 Å². The number of pyridine rings is 1. The fourth-order valence-electron chi connectivity index (χ4n) is 3.55. The van der Waals surface area contributed by atoms with Crippen LogP contribution in [0.25, 0.3) is 11.3 Å². The molecule has 1 N–H and O–H groups in total. The van der Waals surface area contributed by atoms with E-state index in [4.69, 9.17) is 0 Å². The van der Waals surface area contributed by atoms with Gasteiger partial charge in [0.2, 0.25) is 5.88 Å². The second kappa shape index (κ2) is 8.20. The minimum absolute atomic E-state index is 0.225. The summed E-state index contributed by atoms with van der Waals surface area (Å²) in [6.45, 7) is -2.45. The summed E-state index contributed by atoms with van der Waals surface area (Å²) in [5.74, 6) is -0.960. The maximum atomic E-state index is 12.9. The summed E-state index contributed by atoms with van der Waals surface area (Å²) in [6.07, 6.45) is -2.12. The molecule has 8 nitrogen and oxygen atoms in total. The van der Waals surface area contributed by atoms with Crippen molar-refractivity contribution in [2.75, 3.05) is 0 Å². The number of hydrogen-bond donors (Lipinski definition) is 1. The van der Waals surface area contributed by atoms with Crippen LogP contribution in [-0.2, 0) is 19.8 Å². The third kappa shape index (κ3) is 4.41. The van der Waals surface area contributed by atoms with Crippen LogP contribution in [0.1, 0.15) is 40.8 Å². The number of nitrogens with zero attached hydrogens (tertiary/aromatic N) is 5. The van der Waals surface area contributed by atoms with E-state index in [0.717, 1.165) is 4.68 Å². The first kappa shape index (κ1) is 21.7. The highest BCUT2D eigenvalue weighted by Gasteiger charge is 2.36. The van der Waals surface area contributed by atoms with Gasteiger partial charge < -0.3 is 10.1 Å². The Morgan fingerprint density at radius 1 is 1.25 bits per heavy atom. The number of aromatic nitrogens is 5. The number of fused-ring (bicyclic) bond motifs is 1. The van der Waals surface area contributed by atoms with E-state index < -0.39 is 30.4 Å². The lowest BCUT2D eigenvalue weighted by molar-refractivity contribution is -0.141. The molecule has 0 radical (unpaired) electrons. The Labute approximate surface area is 178 Å². The molecule has 1 aliphatic rings. The lowest BCUT2D eigenvalue weighted by Crippen LogP contribution is -2.33. The van der Waals surface area contributed by atoms with Gasteiger partial charge in [0, 0.05) is 37.5 Å². The number of alkyl halides is 5. The number of ether oxygens (including phenoxy) is 1. The number of carbonyl (C=O) groups is 1. The van der Waals surface area contributed by atoms with Crippen LogP contribution >= 0.6 is 0 Å². The van der Waals surface area contributed by atoms with E-state index in [1.54, 1.807) is 16.8 Å². The molecule has 3 aromatic heterocycles. The smallest absolute Gasteiger partial charge is 0.417 e. The van der Waals surface area contributed by atoms with Crippen molar-refractivity contribution in [2.24, 2.45) is 7.05 Å². The predicted octanol–water partition coefficient (Wildman–Crippen LogP) is 3.56. The molecule has 0 saturated carbocycles. The van der Waals surface area contributed by atoms with Crippen molar-refractivity contribution in [1.82, 2.24) is 29.9 Å². The topological polar surface area (TPSA) is 86.9 Å². The standard InChI is InChI=1S/C19H17F5N6O2/c1-29-14(9-15(28-29)19(22,23)24)17(31)26-11-3-2-6-30-13(11)8-12(27-30)10-4-5-25-16(7-10)32-18(20)21/h4-5,7-9,11,18H,2-3,6H2,1H3,(H,26,31). The first-order chi connectivity index (χ1) is 15.1. The second-order valence-electron chi connectivity index (χ2n) is 7.14. The SMILES string of the molecule is Cn1nc(C(F)(F)F)cc1C(=O)NC1CCCn2nc(-c3ccnc(OC(F)F)c3)cc21. The van der Waals surface area contributed by atoms with E-state index in [0.29, 0.717) is 42.4 Å². The molecule has 0 aliphatic carbocycles. The van der Waals surface area contributed by atoms with Crippen LogP contribution in [0.3, 0.4) is 0 Å². The molecule has 1 aliphatic heterocycles. The van der Waals surface area contributed by atoms with E-state index in [1.165, 1.54) is 19.3 Å². The van der Waals surface area contributed by atoms with Gasteiger partial charge in [-0.1, -0.05) is 0 Å². The van der Waals surface area contributed by atoms with Gasteiger partial charge in [0.1, 0.15) is 5.69 Å². The molecule has 32 heavy (non-hydrogen) atoms. The van der Waals surface area contributed by atoms with Crippen molar-refractivity contribution in [3.8, 4) is 17.1 Å². The Bertz CT molecular complexity index is 1140. The number of aryl methyl sites for hydroxylation is 2. The zero-order chi connectivity index (χ0) is 23.0. The van der Waals surface area contributed by atoms with E-state index in [9.17, 15) is 26.7 Å². The van der Waals surface area contributed by atoms with E-state index in [-0.39, 0.29) is 11.6 Å². The number of halogens is 5. The maximum Gasteiger partial charge on any atom is 0.435 e. The third-order valence-electron chi connectivity index (χ3n) is 4.98. The van der Waals surface area contributed by atoms with Gasteiger partial charge in [0.15, 0.2) is 5.69 Å². The monoisotopic (exact) mass is 456 g/mol. The Morgan fingerprint density at radius 3 is 2.72 bits per heavy atom. The van der Waals surface area contributed by atoms with Crippen LogP contribution in [0.4, 0.5) is 22.0 Å². The Kier molecular flexibility index (Phi) is 5.57. The average Bonchev–Trinajstić information content (AvgIpc) is 3.32. The van der Waals surface area contributed by atoms with Crippen molar-refractivity contribution >= 4 is 5.91 Å². The highest BCUT2D eigenvalue weighted by atomic mass is 19.4. The largest absolute Gasteiger partial charge is 0.435 e. The number of amides is 1. The predicted molar refractivity (Wildman–Crippen MR) is 99.7 cm³/mol. The molecule has 4 rings (SSSR count). The van der Waals surface area contributed by atoms with E-state index in [1.807, 2.05) is 0 Å². The Morgan fingerprint density at radius 2 is 2.03 bits per heavy atom. The fraction of sp³-hybridized carbons (Fsp3) is 0.368. The van der Waals surface area contributed by atoms with Gasteiger partial charge in [-0.2, -0.15) is 32.1 Å². The average molecular weight is 456 g/mol. The molecule has 4 heterocycles. The first-order valence-corrected chi connectivity index (χ1v) is 9.53. The summed E-state index contributed by atoms with van der Waals surface area (Å²) < 4.78 is 70.4. The molecule has 170 valence electrons. The molecule has 1 atom stereocenters. The van der Waals surface area contributed by atoms with Crippen molar-refractivity contribution in [1.29, 1.82) is 0 Å². The summed E-state index contributed by atoms with van der Waals surface area (Å²) in [7, 11) is 1.26. The number of carbonyl (C=O) groups excluding carboxylic acids is 1. The van der Waals surface area contributed by atoms with Crippen molar-refractivity contribution < 1.29 is 31.5 Å². The zero-order valence-electron chi connectivity index (χ0n) is 16.6. The van der Waals surface area contributed by atoms with Gasteiger partial charge in [-0.15, -0.1) is 0 Å². The normalized spacial score (nSPS) is 16.2. The molecule has 1 unspecified atom stereocenters. The molecule has 0 bridgehead atoms. The number of rotatable bonds is 5. The molecule has 0 aromatic carbocycles. The lowest BCUT2D eigenvalue weighted by Gasteiger charge is -2.24. The highest BCUT2D eigenvalue weighted by molar-refractivity contribution is 5.93. The van der Waals surface area contributed by atoms with Crippen molar-refractivity contribution in [3.05, 3.63) is 47.5 Å². The summed E-state index contributed by atoms with van der Waals surface area (Å²) in [5, 5.41) is 10.5. The lowest BCUT2D eigenvalue weighted by atomic mass is 10.0. The zero-order valence-corrected chi connectivity index (χ0v) is 16.6. The van der Waals surface area contributed by atoms with Gasteiger partial charge in [-0.05, 0) is 25.0 Å². The molecule has 1 amide bonds. The molecule has 0 fully saturated rings. The van der Waals surface area contributed by atoms with Crippen LogP contribution in [0.2, 0.25) is 0 Å². The van der Waals surface area contributed by atoms with Crippen LogP contribution in [-0.4, -0.2) is 37.1 Å². The van der Waals surface area contributed by atoms with Crippen molar-refractivity contribution in [2.45, 2.75) is 38.2 Å². The molecule has 0 saturated heterocycles. The Hall–Kier alpha value is -3.51. The van der Waals surface area contributed by atoms with Crippen molar-refractivity contribution in [3.63, 3.8) is 0 Å². The van der Waals surface area contributed by atoms with E-state index in [2.05, 4.69) is 25.2 Å². The quantitative estimate of drug-likeness (QED) is 0.594. The molecular formula is C19H17F5N6O2. The summed E-state index contributed by atoms with van der Waals surface area (Å²) in [6, 6.07) is 4.79. The summed E-state index contributed by atoms with van der Waals surface area (Å²) >= 11 is 0. The van der Waals surface area contributed by atoms with Gasteiger partial charge in [0.05, 0.1) is 17.4 Å². The van der Waals surface area contributed by atoms with Crippen LogP contribution in [0, 0.1) is 0 Å². The second-order valence-corrected chi connectivity index (χ2v) is 7.14. The highest BCUT2D eigenvalue weighted by Crippen LogP contribution is 2.31. The van der Waals surface area contributed by atoms with Crippen LogP contribution in [0.15, 0.2) is 30.5 Å². The molecule has 0 spiro atoms. The first-order valence-electron chi connectivity index (χ1n) is 9.53. The van der Waals surface area contributed by atoms with E-state index >= 15 is 0 Å². The molecule has 13 heteroatoms. The summed E-state index contributed by atoms with van der Waals surface area (Å²) in [4.78, 5) is 16.4. The van der Waals surface area contributed by atoms with Gasteiger partial charge in [-0.3, -0.25) is 14.2 Å². The molecule has 3 aromatic rings. The minimum Gasteiger partial charge on any atom is -0.417 e.